The molecule has 0 rings (SSSR count). The maximum absolute atomic E-state index is 11.8. The van der Waals surface area contributed by atoms with Crippen LogP contribution in [0.25, 0.3) is 0 Å². The number of nitrogens with two attached hydrogens (primary N) is 1. The molecule has 3 nitrogen and oxygen atoms in total. The molecule has 0 aliphatic heterocycles. The van der Waals surface area contributed by atoms with E-state index in [2.05, 4.69) is 0 Å². The minimum Gasteiger partial charge on any atom is -0.480 e. The van der Waals surface area contributed by atoms with Crippen molar-refractivity contribution in [3.63, 3.8) is 0 Å². The molecule has 0 saturated carbocycles. The van der Waals surface area contributed by atoms with Gasteiger partial charge >= 0.3 is 5.97 Å². The first-order valence-electron chi connectivity index (χ1n) is 4.03. The second-order valence-electron chi connectivity index (χ2n) is 3.29. The topological polar surface area (TPSA) is 63.3 Å². The molecule has 0 saturated heterocycles. The van der Waals surface area contributed by atoms with Crippen LogP contribution in [-0.2, 0) is 4.79 Å². The van der Waals surface area contributed by atoms with Crippen LogP contribution in [0.2, 0.25) is 0 Å². The van der Waals surface area contributed by atoms with E-state index in [1.54, 1.807) is 13.8 Å². The highest BCUT2D eigenvalue weighted by atomic mass is 19.1. The van der Waals surface area contributed by atoms with E-state index in [9.17, 15) is 9.18 Å². The van der Waals surface area contributed by atoms with E-state index in [0.717, 1.165) is 0 Å². The Morgan fingerprint density at radius 3 is 2.42 bits per heavy atom. The zero-order valence-corrected chi connectivity index (χ0v) is 7.51. The van der Waals surface area contributed by atoms with Gasteiger partial charge in [0.25, 0.3) is 0 Å². The highest BCUT2D eigenvalue weighted by Crippen LogP contribution is 2.20. The predicted octanol–water partition coefficient (Wildman–Crippen LogP) is 1.17. The molecule has 0 amide bonds. The molecule has 4 heteroatoms. The van der Waals surface area contributed by atoms with Crippen molar-refractivity contribution in [1.29, 1.82) is 0 Å². The van der Waals surface area contributed by atoms with Crippen LogP contribution in [0.4, 0.5) is 4.39 Å². The van der Waals surface area contributed by atoms with Gasteiger partial charge in [0.05, 0.1) is 6.67 Å². The average molecular weight is 177 g/mol. The van der Waals surface area contributed by atoms with Crippen LogP contribution >= 0.6 is 0 Å². The molecule has 72 valence electrons. The minimum atomic E-state index is -1.27. The summed E-state index contributed by atoms with van der Waals surface area (Å²) in [5.74, 6) is -1.23. The van der Waals surface area contributed by atoms with E-state index in [1.807, 2.05) is 0 Å². The van der Waals surface area contributed by atoms with Crippen molar-refractivity contribution in [2.45, 2.75) is 32.2 Å². The lowest BCUT2D eigenvalue weighted by Gasteiger charge is -2.28. The molecule has 0 aromatic rings. The number of hydrogen-bond donors (Lipinski definition) is 2. The zero-order chi connectivity index (χ0) is 9.78. The fourth-order valence-corrected chi connectivity index (χ4v) is 1.00. The van der Waals surface area contributed by atoms with Crippen LogP contribution in [0.5, 0.6) is 0 Å². The molecular formula is C8H16FNO2. The Bertz CT molecular complexity index is 161. The van der Waals surface area contributed by atoms with Gasteiger partial charge in [-0.15, -0.1) is 0 Å². The minimum absolute atomic E-state index is 0.179. The van der Waals surface area contributed by atoms with E-state index >= 15 is 0 Å². The van der Waals surface area contributed by atoms with Crippen molar-refractivity contribution >= 4 is 5.97 Å². The van der Waals surface area contributed by atoms with Gasteiger partial charge in [0.15, 0.2) is 0 Å². The van der Waals surface area contributed by atoms with E-state index in [-0.39, 0.29) is 18.8 Å². The van der Waals surface area contributed by atoms with Crippen molar-refractivity contribution in [2.24, 2.45) is 11.7 Å². The van der Waals surface area contributed by atoms with Gasteiger partial charge in [-0.05, 0) is 18.8 Å². The third-order valence-corrected chi connectivity index (χ3v) is 2.15. The number of hydrogen-bond acceptors (Lipinski definition) is 2. The molecule has 0 radical (unpaired) electrons. The van der Waals surface area contributed by atoms with Gasteiger partial charge in [-0.2, -0.15) is 0 Å². The number of aliphatic carboxylic acids is 1. The largest absolute Gasteiger partial charge is 0.480 e. The fraction of sp³-hybridized carbons (Fsp3) is 0.875. The molecule has 0 fully saturated rings. The first kappa shape index (κ1) is 11.4. The number of carboxylic acid groups (broad SMARTS) is 1. The van der Waals surface area contributed by atoms with Gasteiger partial charge in [-0.3, -0.25) is 9.18 Å². The Morgan fingerprint density at radius 2 is 2.17 bits per heavy atom. The van der Waals surface area contributed by atoms with Crippen molar-refractivity contribution < 1.29 is 14.3 Å². The summed E-state index contributed by atoms with van der Waals surface area (Å²) in [5.41, 5.74) is 4.33. The highest BCUT2D eigenvalue weighted by molar-refractivity contribution is 5.78. The van der Waals surface area contributed by atoms with Crippen LogP contribution in [0.3, 0.4) is 0 Å². The van der Waals surface area contributed by atoms with Crippen LogP contribution in [-0.4, -0.2) is 23.3 Å². The standard InChI is InChI=1S/C8H16FNO2/c1-6(2)8(10,7(11)12)4-3-5-9/h6H,3-5,10H2,1-2H3,(H,11,12). The van der Waals surface area contributed by atoms with Crippen LogP contribution < -0.4 is 5.73 Å². The normalized spacial score (nSPS) is 16.1. The van der Waals surface area contributed by atoms with E-state index in [0.29, 0.717) is 0 Å². The van der Waals surface area contributed by atoms with Crippen molar-refractivity contribution in [3.8, 4) is 0 Å². The van der Waals surface area contributed by atoms with Crippen LogP contribution in [0.1, 0.15) is 26.7 Å². The second-order valence-corrected chi connectivity index (χ2v) is 3.29. The molecule has 1 unspecified atom stereocenters. The van der Waals surface area contributed by atoms with Crippen molar-refractivity contribution in [2.75, 3.05) is 6.67 Å². The summed E-state index contributed by atoms with van der Waals surface area (Å²) < 4.78 is 11.8. The maximum atomic E-state index is 11.8. The molecule has 1 atom stereocenters. The summed E-state index contributed by atoms with van der Waals surface area (Å²) in [5, 5.41) is 8.78. The van der Waals surface area contributed by atoms with E-state index < -0.39 is 18.2 Å². The van der Waals surface area contributed by atoms with Crippen molar-refractivity contribution in [3.05, 3.63) is 0 Å². The predicted molar refractivity (Wildman–Crippen MR) is 44.6 cm³/mol. The molecular weight excluding hydrogens is 161 g/mol. The number of halogens is 1. The lowest BCUT2D eigenvalue weighted by Crippen LogP contribution is -2.52. The molecule has 0 aromatic carbocycles. The molecule has 12 heavy (non-hydrogen) atoms. The van der Waals surface area contributed by atoms with Gasteiger partial charge in [-0.25, -0.2) is 0 Å². The second kappa shape index (κ2) is 4.40. The first-order valence-corrected chi connectivity index (χ1v) is 4.03. The Kier molecular flexibility index (Phi) is 4.17. The highest BCUT2D eigenvalue weighted by Gasteiger charge is 2.36. The lowest BCUT2D eigenvalue weighted by molar-refractivity contribution is -0.145. The van der Waals surface area contributed by atoms with Gasteiger partial charge in [-0.1, -0.05) is 13.8 Å². The number of carbonyl (C=O) groups is 1. The summed E-state index contributed by atoms with van der Waals surface area (Å²) >= 11 is 0. The Hall–Kier alpha value is -0.640. The quantitative estimate of drug-likeness (QED) is 0.662. The summed E-state index contributed by atoms with van der Waals surface area (Å²) in [7, 11) is 0. The maximum Gasteiger partial charge on any atom is 0.323 e. The van der Waals surface area contributed by atoms with Gasteiger partial charge in [0.2, 0.25) is 0 Å². The van der Waals surface area contributed by atoms with Crippen LogP contribution in [0.15, 0.2) is 0 Å². The average Bonchev–Trinajstić information content (AvgIpc) is 1.99. The van der Waals surface area contributed by atoms with Crippen LogP contribution in [0, 0.1) is 5.92 Å². The zero-order valence-electron chi connectivity index (χ0n) is 7.51. The third kappa shape index (κ3) is 2.44. The summed E-state index contributed by atoms with van der Waals surface area (Å²) in [6.45, 7) is 2.94. The number of alkyl halides is 1. The lowest BCUT2D eigenvalue weighted by atomic mass is 9.83. The summed E-state index contributed by atoms with van der Waals surface area (Å²) in [4.78, 5) is 10.7. The summed E-state index contributed by atoms with van der Waals surface area (Å²) in [6, 6.07) is 0. The molecule has 3 N–H and O–H groups in total. The molecule has 0 aliphatic carbocycles. The van der Waals surface area contributed by atoms with E-state index in [4.69, 9.17) is 10.8 Å². The molecule has 0 bridgehead atoms. The Balaban J connectivity index is 4.29. The van der Waals surface area contributed by atoms with Gasteiger partial charge in [0, 0.05) is 0 Å². The molecule has 0 heterocycles. The number of carboxylic acids is 1. The number of rotatable bonds is 5. The SMILES string of the molecule is CC(C)C(N)(CCCF)C(=O)O. The summed E-state index contributed by atoms with van der Waals surface area (Å²) in [6.07, 6.45) is 0.400. The van der Waals surface area contributed by atoms with E-state index in [1.165, 1.54) is 0 Å². The van der Waals surface area contributed by atoms with Gasteiger partial charge < -0.3 is 10.8 Å². The first-order chi connectivity index (χ1) is 5.45. The smallest absolute Gasteiger partial charge is 0.323 e. The Labute approximate surface area is 71.8 Å². The Morgan fingerprint density at radius 1 is 1.67 bits per heavy atom. The van der Waals surface area contributed by atoms with Gasteiger partial charge in [0.1, 0.15) is 5.54 Å². The fourth-order valence-electron chi connectivity index (χ4n) is 1.00. The molecule has 0 aliphatic rings. The van der Waals surface area contributed by atoms with Crippen molar-refractivity contribution in [1.82, 2.24) is 0 Å². The third-order valence-electron chi connectivity index (χ3n) is 2.15. The molecule has 0 spiro atoms. The molecule has 0 aromatic heterocycles. The monoisotopic (exact) mass is 177 g/mol.